The van der Waals surface area contributed by atoms with Gasteiger partial charge in [0.15, 0.2) is 26.3 Å². The smallest absolute Gasteiger partial charge is 0.329 e. The predicted molar refractivity (Wildman–Crippen MR) is 527 cm³/mol. The van der Waals surface area contributed by atoms with Crippen LogP contribution in [-0.4, -0.2) is 280 Å². The molecular weight excluding hydrogens is 1810 g/mol. The van der Waals surface area contributed by atoms with Crippen LogP contribution in [-0.2, 0) is 113 Å². The number of ketones is 6. The van der Waals surface area contributed by atoms with Gasteiger partial charge in [0.1, 0.15) is 60.3 Å². The molecule has 0 radical (unpaired) electrons. The molecule has 4 N–H and O–H groups in total. The first-order valence-corrected chi connectivity index (χ1v) is 55.0. The molecule has 0 aromatic carbocycles. The summed E-state index contributed by atoms with van der Waals surface area (Å²) in [6, 6.07) is -2.45. The quantitative estimate of drug-likeness (QED) is 0.0482. The monoisotopic (exact) mass is 1990 g/mol. The van der Waals surface area contributed by atoms with E-state index in [1.54, 1.807) is 171 Å². The van der Waals surface area contributed by atoms with Crippen LogP contribution in [0.25, 0.3) is 0 Å². The minimum absolute atomic E-state index is 0.0107. The minimum atomic E-state index is -2.81. The van der Waals surface area contributed by atoms with E-state index in [4.69, 9.17) is 64.6 Å². The van der Waals surface area contributed by atoms with Gasteiger partial charge in [-0.15, -0.1) is 0 Å². The molecule has 30 atom stereocenters. The third-order valence-corrected chi connectivity index (χ3v) is 31.0. The van der Waals surface area contributed by atoms with Crippen molar-refractivity contribution in [2.24, 2.45) is 71.0 Å². The lowest BCUT2D eigenvalue weighted by atomic mass is 9.78. The number of ether oxygens (including phenoxy) is 10. The van der Waals surface area contributed by atoms with Gasteiger partial charge in [-0.2, -0.15) is 0 Å². The van der Waals surface area contributed by atoms with Gasteiger partial charge in [0.2, 0.25) is 11.6 Å². The van der Waals surface area contributed by atoms with Crippen LogP contribution in [0.15, 0.2) is 95.2 Å². The first-order valence-electron chi connectivity index (χ1n) is 52.9. The van der Waals surface area contributed by atoms with Crippen molar-refractivity contribution in [2.75, 3.05) is 82.3 Å². The van der Waals surface area contributed by atoms with E-state index in [1.165, 1.54) is 14.2 Å². The molecule has 2 saturated carbocycles. The van der Waals surface area contributed by atoms with Crippen LogP contribution in [0, 0.1) is 71.0 Å². The Morgan fingerprint density at radius 3 is 1.14 bits per heavy atom. The van der Waals surface area contributed by atoms with E-state index in [-0.39, 0.29) is 136 Å². The molecular formula is C106H168N2O28P2. The normalized spacial score (nSPS) is 38.6. The van der Waals surface area contributed by atoms with Crippen molar-refractivity contribution < 1.29 is 142 Å². The number of Topliss-reactive ketones (excluding diaryl/α,β-unsaturated/α-hetero) is 6. The number of rotatable bonds is 16. The summed E-state index contributed by atoms with van der Waals surface area (Å²) in [5, 5.41) is 47.1. The molecule has 30 nitrogen and oxygen atoms in total. The van der Waals surface area contributed by atoms with Gasteiger partial charge in [-0.05, 0) is 214 Å². The number of esters is 2. The first kappa shape index (κ1) is 109. The topological polar surface area (TPSA) is 403 Å². The number of carbonyl (C=O) groups excluding carboxylic acids is 10. The fourth-order valence-corrected chi connectivity index (χ4v) is 22.6. The standard InChI is InChI=1S/2C53H84NO14P/c2*1-32-18-14-13-15-19-33(2)44(63-8)30-40-23-21-38(7)53(61,67-40)50(58)51(59)54-25-17-16-20-41(54)52(60)66-45(35(4)28-39-22-24-43(46(29-39)64-9)68-69(11,12)62)31-42(55)34(3)27-37(6)48(57)49(65-10)47(56)36(5)26-32/h2*13-15,18-19,27,32,34-36,38-41,43-46,48-49,57,61H,16-17,20-26,28-31H2,1-12H3/b2*15-13?,18-14+,33-19?,37-27+/t2*32-,34-,35-,36-,38-,39+,40+,41+,43-,44+,45+,46-,48-,49+,53-/m11/s1/i2*8D3. The maximum Gasteiger partial charge on any atom is 0.329 e. The Bertz CT molecular complexity index is 4390. The zero-order valence-corrected chi connectivity index (χ0v) is 87.6. The van der Waals surface area contributed by atoms with E-state index in [1.807, 2.05) is 39.8 Å². The van der Waals surface area contributed by atoms with Crippen molar-refractivity contribution in [3.63, 3.8) is 0 Å². The van der Waals surface area contributed by atoms with E-state index in [9.17, 15) is 77.5 Å². The lowest BCUT2D eigenvalue weighted by molar-refractivity contribution is -0.265. The van der Waals surface area contributed by atoms with Crippen molar-refractivity contribution in [3.8, 4) is 0 Å². The Labute approximate surface area is 829 Å². The number of carbonyl (C=O) groups is 10. The van der Waals surface area contributed by atoms with Gasteiger partial charge in [0.05, 0.1) is 57.1 Å². The number of allylic oxidation sites excluding steroid dienone is 12. The molecule has 2 aliphatic carbocycles. The van der Waals surface area contributed by atoms with Crippen LogP contribution >= 0.6 is 14.7 Å². The number of nitrogens with zero attached hydrogens (tertiary/aromatic N) is 2. The molecule has 4 saturated heterocycles. The van der Waals surface area contributed by atoms with E-state index in [0.29, 0.717) is 125 Å². The van der Waals surface area contributed by atoms with Gasteiger partial charge < -0.3 is 86.6 Å². The van der Waals surface area contributed by atoms with Crippen molar-refractivity contribution in [1.82, 2.24) is 9.80 Å². The Kier molecular flexibility index (Phi) is 43.5. The zero-order chi connectivity index (χ0) is 108. The first-order chi connectivity index (χ1) is 67.2. The Hall–Kier alpha value is -6.28. The van der Waals surface area contributed by atoms with Crippen molar-refractivity contribution in [2.45, 2.75) is 360 Å². The summed E-state index contributed by atoms with van der Waals surface area (Å²) in [6.07, 6.45) is 17.0. The molecule has 4 bridgehead atoms. The third kappa shape index (κ3) is 33.9. The molecule has 32 heteroatoms. The molecule has 8 rings (SSSR count). The number of piperidine rings is 2. The molecule has 6 heterocycles. The molecule has 6 fully saturated rings. The highest BCUT2D eigenvalue weighted by atomic mass is 31.2. The average molecular weight is 1990 g/mol. The molecule has 6 aliphatic heterocycles. The maximum atomic E-state index is 14.5. The summed E-state index contributed by atoms with van der Waals surface area (Å²) >= 11 is 0. The summed E-state index contributed by atoms with van der Waals surface area (Å²) in [5.74, 6) is -17.9. The number of fused-ring (bicyclic) bond motifs is 6. The van der Waals surface area contributed by atoms with E-state index < -0.39 is 196 Å². The van der Waals surface area contributed by atoms with Crippen molar-refractivity contribution in [1.29, 1.82) is 0 Å². The maximum absolute atomic E-state index is 14.5. The van der Waals surface area contributed by atoms with Crippen molar-refractivity contribution >= 4 is 73.2 Å². The SMILES string of the molecule is [2H]C([2H])([2H])O[C@H]1C[C@@H]2CC[C@@H](C)[C@@](O)(O2)C(=O)C(=O)N2CCCC[C@H]2C(=O)O[C@H]([C@H](C)C[C@@H]2CC[C@@H](OP(C)(C)=O)[C@H](OC)C2)CC(=O)[C@H](C)/C=C(\C)[C@@H](O)[C@@H](OC)C(=O)[C@H](C)C[C@H](C)/C=C/C=CC=C1C.[2H]C([2H])([2H])O[C@H]1C[C@@H]2CC[C@@H](C)[C@@](O)(O2)C(=O)C(=O)N2CCCC[C@H]2C(=O)O[C@H]([C@H](C)C[C@@H]2CC[C@@H](OP(C)(C)=O)[C@H](OC)C2)CC(=O)[C@H](C)/C=C(\C)[C@@H](O)[C@@H](OC)C(=O)[C@H](C)C[C@H](C)/C=C/C=CC=C1C. The minimum Gasteiger partial charge on any atom is -0.460 e. The molecule has 2 amide bonds. The number of amides is 2. The molecule has 0 unspecified atom stereocenters. The Morgan fingerprint density at radius 1 is 0.449 bits per heavy atom. The molecule has 8 aliphatic rings. The van der Waals surface area contributed by atoms with Crippen LogP contribution in [0.5, 0.6) is 0 Å². The third-order valence-electron chi connectivity index (χ3n) is 29.4. The predicted octanol–water partition coefficient (Wildman–Crippen LogP) is 15.5. The second-order valence-corrected chi connectivity index (χ2v) is 47.0. The van der Waals surface area contributed by atoms with Crippen LogP contribution in [0.1, 0.15) is 259 Å². The van der Waals surface area contributed by atoms with E-state index >= 15 is 0 Å². The number of aliphatic hydroxyl groups excluding tert-OH is 2. The van der Waals surface area contributed by atoms with Gasteiger partial charge >= 0.3 is 11.9 Å². The van der Waals surface area contributed by atoms with Crippen LogP contribution in [0.2, 0.25) is 0 Å². The van der Waals surface area contributed by atoms with E-state index in [0.717, 1.165) is 9.80 Å². The van der Waals surface area contributed by atoms with Gasteiger partial charge in [-0.25, -0.2) is 9.59 Å². The van der Waals surface area contributed by atoms with E-state index in [2.05, 4.69) is 0 Å². The largest absolute Gasteiger partial charge is 0.460 e. The Morgan fingerprint density at radius 2 is 0.812 bits per heavy atom. The fraction of sp³-hybridized carbons (Fsp3) is 0.755. The fourth-order valence-electron chi connectivity index (χ4n) is 20.8. The highest BCUT2D eigenvalue weighted by Crippen LogP contribution is 2.48. The van der Waals surface area contributed by atoms with Gasteiger partial charge in [-0.1, -0.05) is 142 Å². The number of methoxy groups -OCH3 is 6. The second kappa shape index (κ2) is 55.1. The lowest BCUT2D eigenvalue weighted by Gasteiger charge is -2.42. The summed E-state index contributed by atoms with van der Waals surface area (Å²) < 4.78 is 143. The highest BCUT2D eigenvalue weighted by Gasteiger charge is 2.56. The van der Waals surface area contributed by atoms with Gasteiger partial charge in [0.25, 0.3) is 23.4 Å². The molecule has 0 spiro atoms. The molecule has 0 aromatic heterocycles. The van der Waals surface area contributed by atoms with Gasteiger partial charge in [0, 0.05) is 143 Å². The summed E-state index contributed by atoms with van der Waals surface area (Å²) in [5.41, 5.74) is 1.74. The zero-order valence-electron chi connectivity index (χ0n) is 91.9. The van der Waals surface area contributed by atoms with Crippen molar-refractivity contribution in [3.05, 3.63) is 95.2 Å². The number of cyclic esters (lactones) is 2. The second-order valence-electron chi connectivity index (χ2n) is 41.6. The average Bonchev–Trinajstić information content (AvgIpc) is 0.771. The molecule has 138 heavy (non-hydrogen) atoms. The lowest BCUT2D eigenvalue weighted by Crippen LogP contribution is -2.61. The van der Waals surface area contributed by atoms with Crippen LogP contribution < -0.4 is 0 Å². The number of aliphatic hydroxyl groups is 4. The summed E-state index contributed by atoms with van der Waals surface area (Å²) in [6.45, 7) is 30.6. The Balaban J connectivity index is 0.000000391. The summed E-state index contributed by atoms with van der Waals surface area (Å²) in [7, 11) is -5.38. The van der Waals surface area contributed by atoms with Gasteiger partial charge in [-0.3, -0.25) is 47.5 Å². The highest BCUT2D eigenvalue weighted by molar-refractivity contribution is 7.57. The van der Waals surface area contributed by atoms with Crippen LogP contribution in [0.3, 0.4) is 0 Å². The number of hydrogen-bond acceptors (Lipinski definition) is 28. The molecule has 780 valence electrons. The number of hydrogen-bond donors (Lipinski definition) is 4. The summed E-state index contributed by atoms with van der Waals surface area (Å²) in [4.78, 5) is 145. The molecule has 0 aromatic rings. The van der Waals surface area contributed by atoms with Crippen LogP contribution in [0.4, 0.5) is 0 Å².